The summed E-state index contributed by atoms with van der Waals surface area (Å²) in [5.74, 6) is 5.97. The van der Waals surface area contributed by atoms with Crippen molar-refractivity contribution < 1.29 is 4.74 Å². The second-order valence-corrected chi connectivity index (χ2v) is 3.99. The molecule has 4 N–H and O–H groups in total. The first kappa shape index (κ1) is 15.2. The van der Waals surface area contributed by atoms with Gasteiger partial charge in [0.15, 0.2) is 0 Å². The van der Waals surface area contributed by atoms with Crippen molar-refractivity contribution in [3.8, 4) is 0 Å². The number of hydrogen-bond donors (Lipinski definition) is 3. The quantitative estimate of drug-likeness (QED) is 0.191. The van der Waals surface area contributed by atoms with Crippen molar-refractivity contribution in [2.45, 2.75) is 46.1 Å². The normalized spacial score (nSPS) is 11.9. The maximum atomic E-state index is 5.43. The van der Waals surface area contributed by atoms with Gasteiger partial charge in [0.1, 0.15) is 0 Å². The Bertz CT molecular complexity index is 183. The van der Waals surface area contributed by atoms with Crippen molar-refractivity contribution in [3.63, 3.8) is 0 Å². The number of nitrogens with zero attached hydrogens (tertiary/aromatic N) is 1. The average molecular weight is 230 g/mol. The van der Waals surface area contributed by atoms with Crippen LogP contribution in [0.3, 0.4) is 0 Å². The fraction of sp³-hybridized carbons (Fsp3) is 0.909. The van der Waals surface area contributed by atoms with Gasteiger partial charge in [0, 0.05) is 25.8 Å². The Morgan fingerprint density at radius 1 is 1.31 bits per heavy atom. The maximum Gasteiger partial charge on any atom is 0.205 e. The summed E-state index contributed by atoms with van der Waals surface area (Å²) >= 11 is 0. The largest absolute Gasteiger partial charge is 0.381 e. The number of ether oxygens (including phenoxy) is 1. The van der Waals surface area contributed by atoms with Gasteiger partial charge in [-0.1, -0.05) is 13.3 Å². The number of rotatable bonds is 8. The molecule has 0 rings (SSSR count). The first-order valence-corrected chi connectivity index (χ1v) is 6.06. The molecule has 0 saturated heterocycles. The molecule has 0 unspecified atom stereocenters. The molecule has 5 nitrogen and oxygen atoms in total. The third-order valence-corrected chi connectivity index (χ3v) is 1.92. The molecular formula is C11H26N4O. The summed E-state index contributed by atoms with van der Waals surface area (Å²) in [6.07, 6.45) is 3.24. The van der Waals surface area contributed by atoms with E-state index in [1.54, 1.807) is 0 Å². The summed E-state index contributed by atoms with van der Waals surface area (Å²) < 4.78 is 5.43. The molecule has 0 fully saturated rings. The number of hydrazine groups is 1. The zero-order valence-corrected chi connectivity index (χ0v) is 10.8. The highest BCUT2D eigenvalue weighted by molar-refractivity contribution is 5.79. The van der Waals surface area contributed by atoms with Crippen molar-refractivity contribution in [2.75, 3.05) is 19.8 Å². The van der Waals surface area contributed by atoms with Crippen molar-refractivity contribution in [2.24, 2.45) is 10.8 Å². The van der Waals surface area contributed by atoms with E-state index in [-0.39, 0.29) is 0 Å². The fourth-order valence-electron chi connectivity index (χ4n) is 1.11. The molecule has 0 aromatic rings. The van der Waals surface area contributed by atoms with Crippen molar-refractivity contribution in [1.29, 1.82) is 0 Å². The van der Waals surface area contributed by atoms with Crippen LogP contribution >= 0.6 is 0 Å². The molecule has 0 aliphatic carbocycles. The molecule has 0 aliphatic heterocycles. The predicted octanol–water partition coefficient (Wildman–Crippen LogP) is 1.01. The summed E-state index contributed by atoms with van der Waals surface area (Å²) in [6.45, 7) is 8.59. The Labute approximate surface area is 98.8 Å². The summed E-state index contributed by atoms with van der Waals surface area (Å²) in [7, 11) is 0. The minimum Gasteiger partial charge on any atom is -0.381 e. The van der Waals surface area contributed by atoms with Crippen molar-refractivity contribution in [3.05, 3.63) is 0 Å². The number of unbranched alkanes of at least 4 members (excludes halogenated alkanes) is 1. The minimum absolute atomic E-state index is 0.329. The SMILES string of the molecule is CCCCOCCCN=C(NN)NC(C)C. The van der Waals surface area contributed by atoms with E-state index in [9.17, 15) is 0 Å². The van der Waals surface area contributed by atoms with Gasteiger partial charge in [0.25, 0.3) is 0 Å². The van der Waals surface area contributed by atoms with Crippen LogP contribution in [-0.4, -0.2) is 31.8 Å². The van der Waals surface area contributed by atoms with Crippen LogP contribution in [0, 0.1) is 0 Å². The molecule has 0 spiro atoms. The maximum absolute atomic E-state index is 5.43. The molecular weight excluding hydrogens is 204 g/mol. The van der Waals surface area contributed by atoms with Crippen LogP contribution in [0.25, 0.3) is 0 Å². The van der Waals surface area contributed by atoms with Gasteiger partial charge in [-0.3, -0.25) is 10.4 Å². The molecule has 0 atom stereocenters. The Morgan fingerprint density at radius 3 is 2.56 bits per heavy atom. The Hall–Kier alpha value is -0.810. The fourth-order valence-corrected chi connectivity index (χ4v) is 1.11. The van der Waals surface area contributed by atoms with E-state index in [2.05, 4.69) is 22.7 Å². The molecule has 0 bridgehead atoms. The van der Waals surface area contributed by atoms with Gasteiger partial charge in [0.05, 0.1) is 0 Å². The van der Waals surface area contributed by atoms with E-state index >= 15 is 0 Å². The van der Waals surface area contributed by atoms with Crippen LogP contribution in [0.15, 0.2) is 4.99 Å². The van der Waals surface area contributed by atoms with Gasteiger partial charge in [-0.25, -0.2) is 5.84 Å². The van der Waals surface area contributed by atoms with Crippen LogP contribution in [0.5, 0.6) is 0 Å². The molecule has 0 aromatic heterocycles. The van der Waals surface area contributed by atoms with Gasteiger partial charge >= 0.3 is 0 Å². The lowest BCUT2D eigenvalue weighted by Gasteiger charge is -2.11. The number of guanidine groups is 1. The Kier molecular flexibility index (Phi) is 10.2. The summed E-state index contributed by atoms with van der Waals surface area (Å²) in [5, 5.41) is 3.11. The summed E-state index contributed by atoms with van der Waals surface area (Å²) in [5.41, 5.74) is 2.54. The highest BCUT2D eigenvalue weighted by Crippen LogP contribution is 1.90. The van der Waals surface area contributed by atoms with Crippen LogP contribution in [0.1, 0.15) is 40.0 Å². The second kappa shape index (κ2) is 10.7. The number of nitrogens with one attached hydrogen (secondary N) is 2. The zero-order chi connectivity index (χ0) is 12.2. The molecule has 16 heavy (non-hydrogen) atoms. The van der Waals surface area contributed by atoms with Crippen LogP contribution in [-0.2, 0) is 4.74 Å². The van der Waals surface area contributed by atoms with Gasteiger partial charge in [-0.2, -0.15) is 0 Å². The third kappa shape index (κ3) is 9.73. The van der Waals surface area contributed by atoms with Crippen molar-refractivity contribution in [1.82, 2.24) is 10.7 Å². The Balaban J connectivity index is 3.48. The van der Waals surface area contributed by atoms with E-state index < -0.39 is 0 Å². The van der Waals surface area contributed by atoms with Crippen LogP contribution in [0.4, 0.5) is 0 Å². The molecule has 0 aliphatic rings. The molecule has 0 aromatic carbocycles. The smallest absolute Gasteiger partial charge is 0.205 e. The topological polar surface area (TPSA) is 71.7 Å². The second-order valence-electron chi connectivity index (χ2n) is 3.99. The van der Waals surface area contributed by atoms with Gasteiger partial charge in [0.2, 0.25) is 5.96 Å². The van der Waals surface area contributed by atoms with E-state index in [0.29, 0.717) is 12.0 Å². The first-order valence-electron chi connectivity index (χ1n) is 6.06. The van der Waals surface area contributed by atoms with E-state index in [1.807, 2.05) is 13.8 Å². The molecule has 96 valence electrons. The van der Waals surface area contributed by atoms with E-state index in [1.165, 1.54) is 6.42 Å². The Morgan fingerprint density at radius 2 is 2.00 bits per heavy atom. The number of nitrogens with two attached hydrogens (primary N) is 1. The summed E-state index contributed by atoms with van der Waals surface area (Å²) in [4.78, 5) is 4.29. The number of hydrogen-bond acceptors (Lipinski definition) is 3. The lowest BCUT2D eigenvalue weighted by molar-refractivity contribution is 0.130. The summed E-state index contributed by atoms with van der Waals surface area (Å²) in [6, 6.07) is 0.329. The van der Waals surface area contributed by atoms with Gasteiger partial charge in [-0.15, -0.1) is 0 Å². The highest BCUT2D eigenvalue weighted by Gasteiger charge is 1.97. The lowest BCUT2D eigenvalue weighted by Crippen LogP contribution is -2.44. The van der Waals surface area contributed by atoms with Gasteiger partial charge < -0.3 is 10.1 Å². The van der Waals surface area contributed by atoms with Crippen molar-refractivity contribution >= 4 is 5.96 Å². The molecule has 0 radical (unpaired) electrons. The standard InChI is InChI=1S/C11H26N4O/c1-4-5-8-16-9-6-7-13-11(15-12)14-10(2)3/h10H,4-9,12H2,1-3H3,(H2,13,14,15). The molecule has 5 heteroatoms. The van der Waals surface area contributed by atoms with E-state index in [0.717, 1.165) is 32.6 Å². The molecule has 0 heterocycles. The number of aliphatic imine (C=N–C) groups is 1. The van der Waals surface area contributed by atoms with E-state index in [4.69, 9.17) is 10.6 Å². The molecule has 0 saturated carbocycles. The highest BCUT2D eigenvalue weighted by atomic mass is 16.5. The zero-order valence-electron chi connectivity index (χ0n) is 10.8. The minimum atomic E-state index is 0.329. The first-order chi connectivity index (χ1) is 7.70. The lowest BCUT2D eigenvalue weighted by atomic mass is 10.4. The van der Waals surface area contributed by atoms with Crippen LogP contribution in [0.2, 0.25) is 0 Å². The molecule has 0 amide bonds. The average Bonchev–Trinajstić information content (AvgIpc) is 2.25. The van der Waals surface area contributed by atoms with Crippen LogP contribution < -0.4 is 16.6 Å². The third-order valence-electron chi connectivity index (χ3n) is 1.92. The monoisotopic (exact) mass is 230 g/mol. The predicted molar refractivity (Wildman–Crippen MR) is 68.2 cm³/mol. The van der Waals surface area contributed by atoms with Gasteiger partial charge in [-0.05, 0) is 26.7 Å².